The highest BCUT2D eigenvalue weighted by Gasteiger charge is 2.30. The maximum atomic E-state index is 13.1. The highest BCUT2D eigenvalue weighted by Crippen LogP contribution is 2.45. The Hall–Kier alpha value is -1.94. The summed E-state index contributed by atoms with van der Waals surface area (Å²) in [5, 5.41) is 10.6. The minimum Gasteiger partial charge on any atom is -0.462 e. The van der Waals surface area contributed by atoms with Crippen LogP contribution < -0.4 is 0 Å². The van der Waals surface area contributed by atoms with Gasteiger partial charge in [0.1, 0.15) is 19.3 Å². The summed E-state index contributed by atoms with van der Waals surface area (Å²) in [4.78, 5) is 72.6. The van der Waals surface area contributed by atoms with E-state index in [-0.39, 0.29) is 25.7 Å². The summed E-state index contributed by atoms with van der Waals surface area (Å²) in [6.45, 7) is 9.54. The van der Waals surface area contributed by atoms with Crippen molar-refractivity contribution in [3.63, 3.8) is 0 Å². The quantitative estimate of drug-likeness (QED) is 0.0222. The number of rotatable bonds is 76. The first-order valence-electron chi connectivity index (χ1n) is 40.0. The molecule has 0 aliphatic carbocycles. The second kappa shape index (κ2) is 68.8. The Morgan fingerprint density at radius 3 is 0.708 bits per heavy atom. The lowest BCUT2D eigenvalue weighted by Gasteiger charge is -2.21. The van der Waals surface area contributed by atoms with Crippen LogP contribution in [0.15, 0.2) is 0 Å². The molecule has 0 rings (SSSR count). The van der Waals surface area contributed by atoms with Crippen molar-refractivity contribution in [1.29, 1.82) is 0 Å². The summed E-state index contributed by atoms with van der Waals surface area (Å²) in [6.07, 6.45) is 57.3. The van der Waals surface area contributed by atoms with Gasteiger partial charge in [-0.25, -0.2) is 9.13 Å². The number of unbranched alkanes of at least 4 members (excludes halogenated alkanes) is 46. The maximum absolute atomic E-state index is 13.1. The highest BCUT2D eigenvalue weighted by molar-refractivity contribution is 7.47. The zero-order valence-electron chi connectivity index (χ0n) is 62.7. The molecule has 570 valence electrons. The fourth-order valence-electron chi connectivity index (χ4n) is 11.8. The molecule has 96 heavy (non-hydrogen) atoms. The number of hydrogen-bond donors (Lipinski definition) is 3. The molecule has 2 unspecified atom stereocenters. The van der Waals surface area contributed by atoms with E-state index in [1.165, 1.54) is 212 Å². The third-order valence-corrected chi connectivity index (χ3v) is 19.9. The van der Waals surface area contributed by atoms with Crippen LogP contribution in [0.3, 0.4) is 0 Å². The van der Waals surface area contributed by atoms with Crippen molar-refractivity contribution in [2.45, 2.75) is 419 Å². The van der Waals surface area contributed by atoms with E-state index in [0.717, 1.165) is 108 Å². The minimum atomic E-state index is -4.96. The molecule has 0 aromatic rings. The van der Waals surface area contributed by atoms with Gasteiger partial charge in [0.25, 0.3) is 0 Å². The lowest BCUT2D eigenvalue weighted by molar-refractivity contribution is -0.161. The predicted octanol–water partition coefficient (Wildman–Crippen LogP) is 22.7. The molecule has 0 aromatic carbocycles. The van der Waals surface area contributed by atoms with Crippen LogP contribution in [-0.2, 0) is 65.4 Å². The molecule has 0 fully saturated rings. The molecule has 0 aliphatic heterocycles. The van der Waals surface area contributed by atoms with Crippen molar-refractivity contribution in [3.05, 3.63) is 0 Å². The molecular formula is C77H150O17P2. The van der Waals surface area contributed by atoms with Gasteiger partial charge in [-0.2, -0.15) is 0 Å². The van der Waals surface area contributed by atoms with Gasteiger partial charge in [-0.3, -0.25) is 37.3 Å². The van der Waals surface area contributed by atoms with Crippen molar-refractivity contribution in [1.82, 2.24) is 0 Å². The van der Waals surface area contributed by atoms with Crippen LogP contribution in [0.25, 0.3) is 0 Å². The van der Waals surface area contributed by atoms with E-state index in [0.29, 0.717) is 25.7 Å². The molecule has 0 bridgehead atoms. The topological polar surface area (TPSA) is 237 Å². The van der Waals surface area contributed by atoms with E-state index in [2.05, 4.69) is 41.5 Å². The summed E-state index contributed by atoms with van der Waals surface area (Å²) < 4.78 is 68.3. The van der Waals surface area contributed by atoms with Gasteiger partial charge in [0.05, 0.1) is 26.4 Å². The monoisotopic (exact) mass is 1410 g/mol. The number of esters is 4. The normalized spacial score (nSPS) is 14.0. The van der Waals surface area contributed by atoms with Crippen LogP contribution in [0.2, 0.25) is 0 Å². The van der Waals surface area contributed by atoms with Gasteiger partial charge < -0.3 is 33.8 Å². The lowest BCUT2D eigenvalue weighted by atomic mass is 10.0. The first-order chi connectivity index (χ1) is 46.4. The van der Waals surface area contributed by atoms with E-state index in [9.17, 15) is 43.2 Å². The summed E-state index contributed by atoms with van der Waals surface area (Å²) in [6, 6.07) is 0. The average Bonchev–Trinajstić information content (AvgIpc) is 1.39. The van der Waals surface area contributed by atoms with Crippen LogP contribution in [0.4, 0.5) is 0 Å². The minimum absolute atomic E-state index is 0.106. The van der Waals surface area contributed by atoms with E-state index < -0.39 is 97.5 Å². The molecule has 19 heteroatoms. The number of carbonyl (C=O) groups is 4. The van der Waals surface area contributed by atoms with Gasteiger partial charge in [0.2, 0.25) is 0 Å². The second-order valence-corrected chi connectivity index (χ2v) is 31.6. The Balaban J connectivity index is 5.14. The largest absolute Gasteiger partial charge is 0.472 e. The Morgan fingerprint density at radius 1 is 0.281 bits per heavy atom. The van der Waals surface area contributed by atoms with Crippen LogP contribution >= 0.6 is 15.6 Å². The third-order valence-electron chi connectivity index (χ3n) is 18.0. The van der Waals surface area contributed by atoms with Crippen molar-refractivity contribution in [2.24, 2.45) is 11.8 Å². The van der Waals surface area contributed by atoms with E-state index >= 15 is 0 Å². The van der Waals surface area contributed by atoms with Crippen LogP contribution in [0.5, 0.6) is 0 Å². The molecular weight excluding hydrogens is 1260 g/mol. The molecule has 0 aromatic heterocycles. The van der Waals surface area contributed by atoms with Crippen molar-refractivity contribution in [2.75, 3.05) is 39.6 Å². The number of ether oxygens (including phenoxy) is 4. The number of aliphatic hydroxyl groups excluding tert-OH is 1. The fourth-order valence-corrected chi connectivity index (χ4v) is 13.4. The number of hydrogen-bond acceptors (Lipinski definition) is 15. The molecule has 0 saturated heterocycles. The molecule has 0 aliphatic rings. The SMILES string of the molecule is CCCCCCCCCCCCCCCCCCCCCC(=O)O[C@H](COC(=O)CCCCCCCCCCCCCCCCCC(C)C)COP(=O)(O)OC[C@@H](O)COP(=O)(O)OC[C@@H](COC(=O)CCCCCCC)OC(=O)CCCCCCCCCCCCCC(C)C. The average molecular weight is 1410 g/mol. The molecule has 0 spiro atoms. The molecule has 0 amide bonds. The van der Waals surface area contributed by atoms with E-state index in [1.54, 1.807) is 0 Å². The van der Waals surface area contributed by atoms with Crippen molar-refractivity contribution >= 4 is 39.5 Å². The Bertz CT molecular complexity index is 1860. The second-order valence-electron chi connectivity index (χ2n) is 28.7. The zero-order valence-corrected chi connectivity index (χ0v) is 64.5. The van der Waals surface area contributed by atoms with Crippen LogP contribution in [0.1, 0.15) is 401 Å². The fraction of sp³-hybridized carbons (Fsp3) is 0.948. The number of phosphoric acid groups is 2. The van der Waals surface area contributed by atoms with Crippen LogP contribution in [-0.4, -0.2) is 96.7 Å². The van der Waals surface area contributed by atoms with Crippen molar-refractivity contribution < 1.29 is 80.2 Å². The first kappa shape index (κ1) is 94.1. The molecule has 17 nitrogen and oxygen atoms in total. The lowest BCUT2D eigenvalue weighted by Crippen LogP contribution is -2.30. The highest BCUT2D eigenvalue weighted by atomic mass is 31.2. The molecule has 0 heterocycles. The van der Waals surface area contributed by atoms with E-state index in [1.807, 2.05) is 0 Å². The van der Waals surface area contributed by atoms with Gasteiger partial charge in [-0.15, -0.1) is 0 Å². The molecule has 0 saturated carbocycles. The summed E-state index contributed by atoms with van der Waals surface area (Å²) in [7, 11) is -9.90. The van der Waals surface area contributed by atoms with Gasteiger partial charge in [0, 0.05) is 25.7 Å². The van der Waals surface area contributed by atoms with Crippen molar-refractivity contribution in [3.8, 4) is 0 Å². The number of phosphoric ester groups is 2. The molecule has 5 atom stereocenters. The summed E-state index contributed by atoms with van der Waals surface area (Å²) >= 11 is 0. The molecule has 0 radical (unpaired) electrons. The molecule has 3 N–H and O–H groups in total. The number of carbonyl (C=O) groups excluding carboxylic acids is 4. The third kappa shape index (κ3) is 70.5. The number of aliphatic hydroxyl groups is 1. The Kier molecular flexibility index (Phi) is 67.4. The first-order valence-corrected chi connectivity index (χ1v) is 43.0. The Labute approximate surface area is 588 Å². The zero-order chi connectivity index (χ0) is 70.7. The van der Waals surface area contributed by atoms with Gasteiger partial charge in [-0.05, 0) is 37.5 Å². The standard InChI is InChI=1S/C77H150O17P2/c1-7-9-11-13-14-15-16-17-18-19-20-21-24-28-33-38-43-49-55-61-77(82)94-73(66-88-75(80)60-54-48-42-37-32-27-25-22-23-26-30-35-40-46-51-57-69(3)4)68-92-96(85,86)90-64-71(78)63-89-95(83,84)91-67-72(65-87-74(79)59-53-45-12-10-8-2)93-76(81)62-56-50-44-39-34-29-31-36-41-47-52-58-70(5)6/h69-73,78H,7-68H2,1-6H3,(H,83,84)(H,85,86)/t71-,72+,73+/m0/s1. The van der Waals surface area contributed by atoms with Crippen LogP contribution in [0, 0.1) is 11.8 Å². The maximum Gasteiger partial charge on any atom is 0.472 e. The predicted molar refractivity (Wildman–Crippen MR) is 391 cm³/mol. The van der Waals surface area contributed by atoms with Gasteiger partial charge >= 0.3 is 39.5 Å². The Morgan fingerprint density at radius 2 is 0.479 bits per heavy atom. The van der Waals surface area contributed by atoms with Gasteiger partial charge in [-0.1, -0.05) is 350 Å². The van der Waals surface area contributed by atoms with E-state index in [4.69, 9.17) is 37.0 Å². The summed E-state index contributed by atoms with van der Waals surface area (Å²) in [5.41, 5.74) is 0. The van der Waals surface area contributed by atoms with Gasteiger partial charge in [0.15, 0.2) is 12.2 Å². The smallest absolute Gasteiger partial charge is 0.462 e. The summed E-state index contributed by atoms with van der Waals surface area (Å²) in [5.74, 6) is -0.553.